The van der Waals surface area contributed by atoms with Crippen LogP contribution in [0.25, 0.3) is 0 Å². The molecule has 1 aromatic rings. The van der Waals surface area contributed by atoms with Gasteiger partial charge in [0.25, 0.3) is 5.91 Å². The van der Waals surface area contributed by atoms with Gasteiger partial charge in [-0.2, -0.15) is 0 Å². The number of nitrogens with one attached hydrogen (secondary N) is 1. The summed E-state index contributed by atoms with van der Waals surface area (Å²) in [6.45, 7) is 4.71. The van der Waals surface area contributed by atoms with Crippen LogP contribution in [-0.2, 0) is 0 Å². The number of halogens is 1. The van der Waals surface area contributed by atoms with Gasteiger partial charge in [-0.05, 0) is 50.6 Å². The van der Waals surface area contributed by atoms with Gasteiger partial charge in [-0.15, -0.1) is 0 Å². The first kappa shape index (κ1) is 13.6. The summed E-state index contributed by atoms with van der Waals surface area (Å²) in [5.74, 6) is 0.749. The Hall–Kier alpha value is -0.870. The van der Waals surface area contributed by atoms with E-state index in [2.05, 4.69) is 21.2 Å². The lowest BCUT2D eigenvalue weighted by atomic mass is 10.1. The molecular formula is C14H19BrN2O. The number of benzene rings is 1. The first-order valence-electron chi connectivity index (χ1n) is 6.32. The summed E-state index contributed by atoms with van der Waals surface area (Å²) < 4.78 is 0.999. The van der Waals surface area contributed by atoms with Crippen LogP contribution in [0.3, 0.4) is 0 Å². The summed E-state index contributed by atoms with van der Waals surface area (Å²) in [5, 5.41) is 3.18. The maximum atomic E-state index is 12.5. The number of amides is 1. The summed E-state index contributed by atoms with van der Waals surface area (Å²) in [4.78, 5) is 14.4. The Morgan fingerprint density at radius 1 is 1.56 bits per heavy atom. The Morgan fingerprint density at radius 3 is 3.06 bits per heavy atom. The van der Waals surface area contributed by atoms with Crippen molar-refractivity contribution in [2.75, 3.05) is 26.7 Å². The number of likely N-dealkylation sites (tertiary alicyclic amines) is 1. The van der Waals surface area contributed by atoms with Crippen molar-refractivity contribution in [3.63, 3.8) is 0 Å². The molecule has 1 aromatic carbocycles. The molecule has 98 valence electrons. The fourth-order valence-electron chi connectivity index (χ4n) is 2.48. The van der Waals surface area contributed by atoms with Gasteiger partial charge >= 0.3 is 0 Å². The van der Waals surface area contributed by atoms with Crippen LogP contribution in [0.5, 0.6) is 0 Å². The monoisotopic (exact) mass is 310 g/mol. The van der Waals surface area contributed by atoms with Crippen LogP contribution in [0.2, 0.25) is 0 Å². The Labute approximate surface area is 117 Å². The second kappa shape index (κ2) is 5.85. The predicted molar refractivity (Wildman–Crippen MR) is 76.8 cm³/mol. The molecule has 1 aliphatic heterocycles. The third-order valence-corrected chi connectivity index (χ3v) is 4.42. The van der Waals surface area contributed by atoms with Gasteiger partial charge in [0.05, 0.1) is 0 Å². The van der Waals surface area contributed by atoms with Crippen LogP contribution < -0.4 is 5.32 Å². The fourth-order valence-corrected chi connectivity index (χ4v) is 2.85. The molecule has 0 bridgehead atoms. The molecule has 0 radical (unpaired) electrons. The van der Waals surface area contributed by atoms with Crippen molar-refractivity contribution in [3.05, 3.63) is 33.8 Å². The molecule has 0 spiro atoms. The molecule has 1 atom stereocenters. The van der Waals surface area contributed by atoms with E-state index in [1.165, 1.54) is 0 Å². The molecule has 0 aromatic heterocycles. The molecule has 1 N–H and O–H groups in total. The van der Waals surface area contributed by atoms with Gasteiger partial charge in [0, 0.05) is 23.1 Å². The molecule has 1 heterocycles. The van der Waals surface area contributed by atoms with Crippen molar-refractivity contribution in [2.24, 2.45) is 5.92 Å². The zero-order valence-corrected chi connectivity index (χ0v) is 12.5. The Balaban J connectivity index is 2.11. The highest BCUT2D eigenvalue weighted by atomic mass is 79.9. The zero-order valence-electron chi connectivity index (χ0n) is 10.9. The van der Waals surface area contributed by atoms with E-state index >= 15 is 0 Å². The Kier molecular flexibility index (Phi) is 4.40. The Morgan fingerprint density at radius 2 is 2.33 bits per heavy atom. The molecule has 3 nitrogen and oxygen atoms in total. The third kappa shape index (κ3) is 2.75. The summed E-state index contributed by atoms with van der Waals surface area (Å²) in [5.41, 5.74) is 1.84. The minimum absolute atomic E-state index is 0.160. The second-order valence-corrected chi connectivity index (χ2v) is 5.73. The number of hydrogen-bond donors (Lipinski definition) is 1. The van der Waals surface area contributed by atoms with E-state index in [1.807, 2.05) is 37.1 Å². The molecule has 4 heteroatoms. The fraction of sp³-hybridized carbons (Fsp3) is 0.500. The lowest BCUT2D eigenvalue weighted by Crippen LogP contribution is -2.30. The van der Waals surface area contributed by atoms with Crippen molar-refractivity contribution in [2.45, 2.75) is 13.3 Å². The first-order valence-corrected chi connectivity index (χ1v) is 7.11. The number of nitrogens with zero attached hydrogens (tertiary/aromatic N) is 1. The minimum atomic E-state index is 0.160. The van der Waals surface area contributed by atoms with Crippen LogP contribution in [0.15, 0.2) is 22.7 Å². The SMILES string of the molecule is CNC[C@H]1CCN(C(=O)c2cccc(Br)c2C)C1. The van der Waals surface area contributed by atoms with Crippen molar-refractivity contribution in [3.8, 4) is 0 Å². The van der Waals surface area contributed by atoms with Crippen LogP contribution >= 0.6 is 15.9 Å². The van der Waals surface area contributed by atoms with Gasteiger partial charge in [0.15, 0.2) is 0 Å². The van der Waals surface area contributed by atoms with Crippen LogP contribution in [-0.4, -0.2) is 37.5 Å². The largest absolute Gasteiger partial charge is 0.338 e. The van der Waals surface area contributed by atoms with Crippen molar-refractivity contribution in [1.82, 2.24) is 10.2 Å². The van der Waals surface area contributed by atoms with Gasteiger partial charge in [-0.25, -0.2) is 0 Å². The Bertz CT molecular complexity index is 447. The molecule has 0 aliphatic carbocycles. The first-order chi connectivity index (χ1) is 8.63. The summed E-state index contributed by atoms with van der Waals surface area (Å²) >= 11 is 3.48. The van der Waals surface area contributed by atoms with Gasteiger partial charge in [-0.3, -0.25) is 4.79 Å². The second-order valence-electron chi connectivity index (χ2n) is 4.88. The van der Waals surface area contributed by atoms with E-state index < -0.39 is 0 Å². The standard InChI is InChI=1S/C14H19BrN2O/c1-10-12(4-3-5-13(10)15)14(18)17-7-6-11(9-17)8-16-2/h3-5,11,16H,6-9H2,1-2H3/t11-/m1/s1. The summed E-state index contributed by atoms with van der Waals surface area (Å²) in [6.07, 6.45) is 1.10. The average Bonchev–Trinajstić information content (AvgIpc) is 2.81. The third-order valence-electron chi connectivity index (χ3n) is 3.56. The normalized spacial score (nSPS) is 19.3. The van der Waals surface area contributed by atoms with Crippen molar-refractivity contribution >= 4 is 21.8 Å². The van der Waals surface area contributed by atoms with Crippen molar-refractivity contribution < 1.29 is 4.79 Å². The lowest BCUT2D eigenvalue weighted by Gasteiger charge is -2.18. The van der Waals surface area contributed by atoms with Gasteiger partial charge in [0.2, 0.25) is 0 Å². The van der Waals surface area contributed by atoms with Crippen LogP contribution in [0.4, 0.5) is 0 Å². The van der Waals surface area contributed by atoms with E-state index in [9.17, 15) is 4.79 Å². The number of rotatable bonds is 3. The maximum Gasteiger partial charge on any atom is 0.254 e. The topological polar surface area (TPSA) is 32.3 Å². The lowest BCUT2D eigenvalue weighted by molar-refractivity contribution is 0.0786. The quantitative estimate of drug-likeness (QED) is 0.930. The molecule has 1 aliphatic rings. The molecule has 1 saturated heterocycles. The predicted octanol–water partition coefficient (Wildman–Crippen LogP) is 2.44. The maximum absolute atomic E-state index is 12.5. The number of hydrogen-bond acceptors (Lipinski definition) is 2. The smallest absolute Gasteiger partial charge is 0.254 e. The number of carbonyl (C=O) groups excluding carboxylic acids is 1. The summed E-state index contributed by atoms with van der Waals surface area (Å²) in [7, 11) is 1.96. The van der Waals surface area contributed by atoms with E-state index in [-0.39, 0.29) is 5.91 Å². The highest BCUT2D eigenvalue weighted by Crippen LogP contribution is 2.23. The van der Waals surface area contributed by atoms with Gasteiger partial charge in [-0.1, -0.05) is 22.0 Å². The van der Waals surface area contributed by atoms with E-state index in [1.54, 1.807) is 0 Å². The highest BCUT2D eigenvalue weighted by molar-refractivity contribution is 9.10. The molecule has 2 rings (SSSR count). The molecular weight excluding hydrogens is 292 g/mol. The molecule has 1 amide bonds. The molecule has 0 saturated carbocycles. The van der Waals surface area contributed by atoms with Crippen LogP contribution in [0, 0.1) is 12.8 Å². The molecule has 0 unspecified atom stereocenters. The zero-order chi connectivity index (χ0) is 13.1. The summed E-state index contributed by atoms with van der Waals surface area (Å²) in [6, 6.07) is 5.80. The van der Waals surface area contributed by atoms with Crippen LogP contribution in [0.1, 0.15) is 22.3 Å². The van der Waals surface area contributed by atoms with Gasteiger partial charge in [0.1, 0.15) is 0 Å². The average molecular weight is 311 g/mol. The van der Waals surface area contributed by atoms with E-state index in [4.69, 9.17) is 0 Å². The van der Waals surface area contributed by atoms with Gasteiger partial charge < -0.3 is 10.2 Å². The molecule has 1 fully saturated rings. The minimum Gasteiger partial charge on any atom is -0.338 e. The van der Waals surface area contributed by atoms with E-state index in [0.29, 0.717) is 5.92 Å². The number of carbonyl (C=O) groups is 1. The van der Waals surface area contributed by atoms with E-state index in [0.717, 1.165) is 41.7 Å². The van der Waals surface area contributed by atoms with Crippen molar-refractivity contribution in [1.29, 1.82) is 0 Å². The molecule has 18 heavy (non-hydrogen) atoms. The highest BCUT2D eigenvalue weighted by Gasteiger charge is 2.27.